The normalized spacial score (nSPS) is 10.8. The topological polar surface area (TPSA) is 108 Å². The van der Waals surface area contributed by atoms with Crippen molar-refractivity contribution in [3.05, 3.63) is 80.3 Å². The van der Waals surface area contributed by atoms with Gasteiger partial charge < -0.3 is 14.5 Å². The van der Waals surface area contributed by atoms with Crippen LogP contribution in [0.2, 0.25) is 10.0 Å². The van der Waals surface area contributed by atoms with Crippen molar-refractivity contribution in [2.75, 3.05) is 11.9 Å². The minimum absolute atomic E-state index is 0.109. The SMILES string of the molecule is CCOc1ccc(C(=O)Nc2ccc(-c3nc4cc(Cl)cc(Cl)c4o3)cc2)cc1[N+](=O)[O-]. The Morgan fingerprint density at radius 3 is 2.59 bits per heavy atom. The highest BCUT2D eigenvalue weighted by molar-refractivity contribution is 6.38. The standard InChI is InChI=1S/C22H15Cl2N3O5/c1-2-31-19-8-5-13(9-18(19)27(29)30)21(28)25-15-6-3-12(4-7-15)22-26-17-11-14(23)10-16(24)20(17)32-22/h3-11H,2H2,1H3,(H,25,28). The van der Waals surface area contributed by atoms with Gasteiger partial charge in [0.05, 0.1) is 16.6 Å². The molecule has 0 aliphatic heterocycles. The molecule has 4 rings (SSSR count). The summed E-state index contributed by atoms with van der Waals surface area (Å²) in [4.78, 5) is 27.6. The summed E-state index contributed by atoms with van der Waals surface area (Å²) in [6.07, 6.45) is 0. The second-order valence-corrected chi connectivity index (χ2v) is 7.50. The van der Waals surface area contributed by atoms with Gasteiger partial charge in [-0.15, -0.1) is 0 Å². The Morgan fingerprint density at radius 2 is 1.91 bits per heavy atom. The van der Waals surface area contributed by atoms with E-state index in [0.717, 1.165) is 0 Å². The van der Waals surface area contributed by atoms with Crippen LogP contribution < -0.4 is 10.1 Å². The number of rotatable bonds is 6. The fourth-order valence-corrected chi connectivity index (χ4v) is 3.58. The van der Waals surface area contributed by atoms with E-state index < -0.39 is 10.8 Å². The molecule has 0 unspecified atom stereocenters. The average molecular weight is 472 g/mol. The Balaban J connectivity index is 1.54. The molecule has 1 amide bonds. The number of benzene rings is 3. The Labute approximate surface area is 191 Å². The predicted molar refractivity (Wildman–Crippen MR) is 122 cm³/mol. The van der Waals surface area contributed by atoms with Crippen LogP contribution in [0.3, 0.4) is 0 Å². The lowest BCUT2D eigenvalue weighted by molar-refractivity contribution is -0.385. The Kier molecular flexibility index (Phi) is 5.98. The molecule has 3 aromatic carbocycles. The summed E-state index contributed by atoms with van der Waals surface area (Å²) < 4.78 is 11.0. The van der Waals surface area contributed by atoms with Gasteiger partial charge in [-0.25, -0.2) is 4.98 Å². The van der Waals surface area contributed by atoms with Crippen LogP contribution in [0, 0.1) is 10.1 Å². The second-order valence-electron chi connectivity index (χ2n) is 6.66. The number of aromatic nitrogens is 1. The van der Waals surface area contributed by atoms with Gasteiger partial charge in [0.2, 0.25) is 5.89 Å². The van der Waals surface area contributed by atoms with Crippen molar-refractivity contribution >= 4 is 51.6 Å². The number of carbonyl (C=O) groups excluding carboxylic acids is 1. The smallest absolute Gasteiger partial charge is 0.311 e. The molecule has 0 saturated heterocycles. The molecule has 0 aliphatic carbocycles. The highest BCUT2D eigenvalue weighted by Gasteiger charge is 2.19. The number of amides is 1. The third kappa shape index (κ3) is 4.37. The Bertz CT molecular complexity index is 1340. The third-order valence-electron chi connectivity index (χ3n) is 4.52. The Morgan fingerprint density at radius 1 is 1.16 bits per heavy atom. The molecule has 0 saturated carbocycles. The maximum atomic E-state index is 12.6. The molecule has 1 heterocycles. The van der Waals surface area contributed by atoms with E-state index in [1.54, 1.807) is 43.3 Å². The molecule has 8 nitrogen and oxygen atoms in total. The molecule has 0 radical (unpaired) electrons. The van der Waals surface area contributed by atoms with E-state index in [9.17, 15) is 14.9 Å². The quantitative estimate of drug-likeness (QED) is 0.258. The van der Waals surface area contributed by atoms with Crippen LogP contribution in [-0.2, 0) is 0 Å². The van der Waals surface area contributed by atoms with Crippen molar-refractivity contribution in [1.82, 2.24) is 4.98 Å². The molecule has 0 bridgehead atoms. The zero-order valence-corrected chi connectivity index (χ0v) is 18.1. The van der Waals surface area contributed by atoms with Gasteiger partial charge in [-0.1, -0.05) is 23.2 Å². The molecule has 4 aromatic rings. The molecule has 0 atom stereocenters. The number of anilines is 1. The van der Waals surface area contributed by atoms with E-state index in [-0.39, 0.29) is 23.6 Å². The molecule has 0 fully saturated rings. The molecule has 32 heavy (non-hydrogen) atoms. The summed E-state index contributed by atoms with van der Waals surface area (Å²) in [6, 6.07) is 14.1. The number of ether oxygens (including phenoxy) is 1. The van der Waals surface area contributed by atoms with Gasteiger partial charge in [-0.2, -0.15) is 0 Å². The minimum atomic E-state index is -0.587. The first-order valence-electron chi connectivity index (χ1n) is 9.44. The van der Waals surface area contributed by atoms with Crippen LogP contribution in [-0.4, -0.2) is 22.4 Å². The van der Waals surface area contributed by atoms with E-state index in [2.05, 4.69) is 10.3 Å². The van der Waals surface area contributed by atoms with Crippen LogP contribution in [0.1, 0.15) is 17.3 Å². The maximum Gasteiger partial charge on any atom is 0.311 e. The second kappa shape index (κ2) is 8.86. The van der Waals surface area contributed by atoms with Crippen LogP contribution >= 0.6 is 23.2 Å². The van der Waals surface area contributed by atoms with Gasteiger partial charge in [0.25, 0.3) is 5.91 Å². The van der Waals surface area contributed by atoms with Crippen molar-refractivity contribution in [2.24, 2.45) is 0 Å². The summed E-state index contributed by atoms with van der Waals surface area (Å²) in [5.74, 6) is -0.0329. The van der Waals surface area contributed by atoms with Crippen LogP contribution in [0.5, 0.6) is 5.75 Å². The highest BCUT2D eigenvalue weighted by atomic mass is 35.5. The number of nitrogens with one attached hydrogen (secondary N) is 1. The molecule has 0 spiro atoms. The average Bonchev–Trinajstić information content (AvgIpc) is 3.19. The largest absolute Gasteiger partial charge is 0.487 e. The zero-order chi connectivity index (χ0) is 22.8. The number of hydrogen-bond donors (Lipinski definition) is 1. The summed E-state index contributed by atoms with van der Waals surface area (Å²) >= 11 is 12.1. The molecule has 1 N–H and O–H groups in total. The summed E-state index contributed by atoms with van der Waals surface area (Å²) in [6.45, 7) is 2.00. The van der Waals surface area contributed by atoms with Crippen LogP contribution in [0.15, 0.2) is 59.0 Å². The maximum absolute atomic E-state index is 12.6. The fourth-order valence-electron chi connectivity index (χ4n) is 3.06. The third-order valence-corrected chi connectivity index (χ3v) is 5.02. The van der Waals surface area contributed by atoms with Crippen LogP contribution in [0.25, 0.3) is 22.6 Å². The van der Waals surface area contributed by atoms with Crippen molar-refractivity contribution in [2.45, 2.75) is 6.92 Å². The van der Waals surface area contributed by atoms with Gasteiger partial charge in [-0.05, 0) is 55.5 Å². The molecule has 0 aliphatic rings. The van der Waals surface area contributed by atoms with Gasteiger partial charge >= 0.3 is 5.69 Å². The molecule has 10 heteroatoms. The van der Waals surface area contributed by atoms with Crippen molar-refractivity contribution in [1.29, 1.82) is 0 Å². The predicted octanol–water partition coefficient (Wildman–Crippen LogP) is 6.36. The van der Waals surface area contributed by atoms with Crippen LogP contribution in [0.4, 0.5) is 11.4 Å². The lowest BCUT2D eigenvalue weighted by Crippen LogP contribution is -2.12. The van der Waals surface area contributed by atoms with Crippen molar-refractivity contribution in [3.8, 4) is 17.2 Å². The van der Waals surface area contributed by atoms with Crippen molar-refractivity contribution in [3.63, 3.8) is 0 Å². The summed E-state index contributed by atoms with van der Waals surface area (Å²) in [5.41, 5.74) is 1.99. The molecule has 162 valence electrons. The van der Waals surface area contributed by atoms with E-state index >= 15 is 0 Å². The van der Waals surface area contributed by atoms with Gasteiger partial charge in [0.1, 0.15) is 5.52 Å². The van der Waals surface area contributed by atoms with Crippen molar-refractivity contribution < 1.29 is 18.9 Å². The first-order chi connectivity index (χ1) is 15.4. The number of hydrogen-bond acceptors (Lipinski definition) is 6. The number of carbonyl (C=O) groups is 1. The zero-order valence-electron chi connectivity index (χ0n) is 16.6. The minimum Gasteiger partial charge on any atom is -0.487 e. The van der Waals surface area contributed by atoms with E-state index in [4.69, 9.17) is 32.4 Å². The fraction of sp³-hybridized carbons (Fsp3) is 0.0909. The first kappa shape index (κ1) is 21.6. The number of nitro benzene ring substituents is 1. The number of nitrogens with zero attached hydrogens (tertiary/aromatic N) is 2. The molecular formula is C22H15Cl2N3O5. The monoisotopic (exact) mass is 471 g/mol. The molecule has 1 aromatic heterocycles. The lowest BCUT2D eigenvalue weighted by Gasteiger charge is -2.08. The summed E-state index contributed by atoms with van der Waals surface area (Å²) in [7, 11) is 0. The first-order valence-corrected chi connectivity index (χ1v) is 10.2. The van der Waals surface area contributed by atoms with Gasteiger partial charge in [-0.3, -0.25) is 14.9 Å². The van der Waals surface area contributed by atoms with E-state index in [1.807, 2.05) is 0 Å². The number of halogens is 2. The van der Waals surface area contributed by atoms with Gasteiger partial charge in [0.15, 0.2) is 11.3 Å². The summed E-state index contributed by atoms with van der Waals surface area (Å²) in [5, 5.41) is 14.8. The van der Waals surface area contributed by atoms with E-state index in [0.29, 0.717) is 38.3 Å². The number of oxazole rings is 1. The Hall–Kier alpha value is -3.62. The lowest BCUT2D eigenvalue weighted by atomic mass is 10.1. The number of nitro groups is 1. The van der Waals surface area contributed by atoms with E-state index in [1.165, 1.54) is 18.2 Å². The highest BCUT2D eigenvalue weighted by Crippen LogP contribution is 2.32. The number of fused-ring (bicyclic) bond motifs is 1. The molecular weight excluding hydrogens is 457 g/mol. The van der Waals surface area contributed by atoms with Gasteiger partial charge in [0, 0.05) is 27.9 Å².